The van der Waals surface area contributed by atoms with E-state index in [-0.39, 0.29) is 20.4 Å². The molecule has 0 fully saturated rings. The van der Waals surface area contributed by atoms with Gasteiger partial charge in [-0.05, 0) is 0 Å². The standard InChI is InChI=1S/C36H22N2Te/c1-2-11-24(12-3-1)34-30-21-20-23-10-4-5-15-28(23)35(30)38-36(37-34)26-14-8-13-25(22-26)27-17-9-19-32-33(27)29-16-6-7-18-31(29)39-32/h1-22H. The zero-order valence-corrected chi connectivity index (χ0v) is 23.3. The van der Waals surface area contributed by atoms with Crippen LogP contribution in [0.4, 0.5) is 0 Å². The first-order chi connectivity index (χ1) is 19.3. The van der Waals surface area contributed by atoms with Crippen LogP contribution in [0.3, 0.4) is 0 Å². The Kier molecular flexibility index (Phi) is 5.33. The van der Waals surface area contributed by atoms with E-state index in [2.05, 4.69) is 127 Å². The Morgan fingerprint density at radius 2 is 1.18 bits per heavy atom. The molecule has 2 nitrogen and oxygen atoms in total. The van der Waals surface area contributed by atoms with Crippen LogP contribution in [0.15, 0.2) is 133 Å². The van der Waals surface area contributed by atoms with Crippen molar-refractivity contribution in [1.82, 2.24) is 9.97 Å². The zero-order chi connectivity index (χ0) is 25.8. The van der Waals surface area contributed by atoms with Crippen LogP contribution < -0.4 is 0 Å². The minimum absolute atomic E-state index is 0.358. The van der Waals surface area contributed by atoms with Crippen molar-refractivity contribution in [1.29, 1.82) is 0 Å². The fourth-order valence-electron chi connectivity index (χ4n) is 5.65. The van der Waals surface area contributed by atoms with Gasteiger partial charge in [0.1, 0.15) is 0 Å². The summed E-state index contributed by atoms with van der Waals surface area (Å²) in [5.41, 5.74) is 6.57. The molecule has 8 aromatic rings. The third-order valence-electron chi connectivity index (χ3n) is 7.47. The Balaban J connectivity index is 1.38. The molecule has 0 bridgehead atoms. The van der Waals surface area contributed by atoms with Gasteiger partial charge >= 0.3 is 225 Å². The fraction of sp³-hybridized carbons (Fsp3) is 0. The molecule has 6 aromatic carbocycles. The quantitative estimate of drug-likeness (QED) is 0.147. The summed E-state index contributed by atoms with van der Waals surface area (Å²) in [6.45, 7) is 0. The summed E-state index contributed by atoms with van der Waals surface area (Å²) < 4.78 is 3.04. The van der Waals surface area contributed by atoms with Crippen molar-refractivity contribution < 1.29 is 0 Å². The Labute approximate surface area is 235 Å². The van der Waals surface area contributed by atoms with Crippen LogP contribution >= 0.6 is 0 Å². The van der Waals surface area contributed by atoms with Gasteiger partial charge in [0.25, 0.3) is 0 Å². The van der Waals surface area contributed by atoms with Crippen LogP contribution in [0, 0.1) is 0 Å². The second-order valence-corrected chi connectivity index (χ2v) is 12.9. The molecular weight excluding hydrogens is 588 g/mol. The molecule has 3 heteroatoms. The van der Waals surface area contributed by atoms with Gasteiger partial charge in [-0.15, -0.1) is 0 Å². The first-order valence-corrected chi connectivity index (χ1v) is 15.4. The topological polar surface area (TPSA) is 25.8 Å². The van der Waals surface area contributed by atoms with Gasteiger partial charge in [0.05, 0.1) is 0 Å². The van der Waals surface area contributed by atoms with Crippen molar-refractivity contribution in [3.63, 3.8) is 0 Å². The van der Waals surface area contributed by atoms with Gasteiger partial charge < -0.3 is 0 Å². The SMILES string of the molecule is c1ccc(-c2nc(-c3cccc(-c4cccc5[te]c6ccccc6c45)c3)nc3c2ccc2ccccc23)cc1. The number of fused-ring (bicyclic) bond motifs is 6. The summed E-state index contributed by atoms with van der Waals surface area (Å²) in [6.07, 6.45) is 0. The monoisotopic (exact) mass is 612 g/mol. The first kappa shape index (κ1) is 22.7. The van der Waals surface area contributed by atoms with E-state index in [4.69, 9.17) is 9.97 Å². The van der Waals surface area contributed by atoms with Crippen molar-refractivity contribution in [2.24, 2.45) is 0 Å². The van der Waals surface area contributed by atoms with Crippen molar-refractivity contribution in [3.05, 3.63) is 133 Å². The second-order valence-electron chi connectivity index (χ2n) is 9.80. The number of aromatic nitrogens is 2. The van der Waals surface area contributed by atoms with Gasteiger partial charge in [-0.2, -0.15) is 0 Å². The molecule has 8 rings (SSSR count). The van der Waals surface area contributed by atoms with E-state index in [0.717, 1.165) is 38.9 Å². The van der Waals surface area contributed by atoms with Crippen molar-refractivity contribution >= 4 is 59.7 Å². The van der Waals surface area contributed by atoms with E-state index in [1.807, 2.05) is 6.07 Å². The molecule has 182 valence electrons. The van der Waals surface area contributed by atoms with Crippen LogP contribution in [0.5, 0.6) is 0 Å². The summed E-state index contributed by atoms with van der Waals surface area (Å²) in [4.78, 5) is 10.4. The third-order valence-corrected chi connectivity index (χ3v) is 10.7. The van der Waals surface area contributed by atoms with Crippen LogP contribution in [-0.2, 0) is 0 Å². The second kappa shape index (κ2) is 9.17. The third kappa shape index (κ3) is 3.78. The van der Waals surface area contributed by atoms with E-state index in [9.17, 15) is 0 Å². The summed E-state index contributed by atoms with van der Waals surface area (Å²) in [7, 11) is 0. The average molecular weight is 610 g/mol. The summed E-state index contributed by atoms with van der Waals surface area (Å²) in [5.74, 6) is 0.751. The van der Waals surface area contributed by atoms with E-state index < -0.39 is 0 Å². The number of nitrogens with zero attached hydrogens (tertiary/aromatic N) is 2. The number of hydrogen-bond donors (Lipinski definition) is 0. The van der Waals surface area contributed by atoms with Crippen LogP contribution in [0.1, 0.15) is 0 Å². The van der Waals surface area contributed by atoms with Crippen LogP contribution in [0.2, 0.25) is 0 Å². The van der Waals surface area contributed by atoms with E-state index in [1.54, 1.807) is 0 Å². The Bertz CT molecular complexity index is 2180. The maximum atomic E-state index is 5.20. The molecule has 0 saturated carbocycles. The molecule has 2 aromatic heterocycles. The number of hydrogen-bond acceptors (Lipinski definition) is 2. The number of rotatable bonds is 3. The molecular formula is C36H22N2Te. The van der Waals surface area contributed by atoms with Gasteiger partial charge in [0.2, 0.25) is 0 Å². The van der Waals surface area contributed by atoms with E-state index in [1.165, 1.54) is 34.1 Å². The fourth-order valence-corrected chi connectivity index (χ4v) is 8.88. The summed E-state index contributed by atoms with van der Waals surface area (Å²) in [6, 6.07) is 47.7. The zero-order valence-electron chi connectivity index (χ0n) is 21.0. The van der Waals surface area contributed by atoms with Crippen LogP contribution in [-0.4, -0.2) is 30.4 Å². The van der Waals surface area contributed by atoms with Crippen molar-refractivity contribution in [2.75, 3.05) is 0 Å². The average Bonchev–Trinajstić information content (AvgIpc) is 3.40. The Morgan fingerprint density at radius 1 is 0.462 bits per heavy atom. The first-order valence-electron chi connectivity index (χ1n) is 13.1. The predicted molar refractivity (Wildman–Crippen MR) is 165 cm³/mol. The molecule has 0 aliphatic rings. The molecule has 0 amide bonds. The molecule has 0 N–H and O–H groups in total. The van der Waals surface area contributed by atoms with Gasteiger partial charge in [-0.3, -0.25) is 0 Å². The molecule has 0 radical (unpaired) electrons. The molecule has 0 unspecified atom stereocenters. The molecule has 0 aliphatic heterocycles. The Hall–Kier alpha value is -4.29. The van der Waals surface area contributed by atoms with Crippen molar-refractivity contribution in [3.8, 4) is 33.8 Å². The maximum absolute atomic E-state index is 5.20. The van der Waals surface area contributed by atoms with Gasteiger partial charge in [0, 0.05) is 0 Å². The number of benzene rings is 6. The molecule has 0 atom stereocenters. The normalized spacial score (nSPS) is 11.6. The van der Waals surface area contributed by atoms with Gasteiger partial charge in [0.15, 0.2) is 0 Å². The van der Waals surface area contributed by atoms with E-state index >= 15 is 0 Å². The molecule has 0 aliphatic carbocycles. The summed E-state index contributed by atoms with van der Waals surface area (Å²) >= 11 is -0.358. The Morgan fingerprint density at radius 3 is 2.10 bits per heavy atom. The molecule has 0 spiro atoms. The van der Waals surface area contributed by atoms with Crippen LogP contribution in [0.25, 0.3) is 73.0 Å². The van der Waals surface area contributed by atoms with Crippen molar-refractivity contribution in [2.45, 2.75) is 0 Å². The molecule has 0 saturated heterocycles. The minimum atomic E-state index is -0.358. The molecule has 2 heterocycles. The predicted octanol–water partition coefficient (Wildman–Crippen LogP) is 9.15. The summed E-state index contributed by atoms with van der Waals surface area (Å²) in [5, 5.41) is 6.21. The van der Waals surface area contributed by atoms with E-state index in [0.29, 0.717) is 0 Å². The van der Waals surface area contributed by atoms with Gasteiger partial charge in [-0.1, -0.05) is 12.1 Å². The van der Waals surface area contributed by atoms with Gasteiger partial charge in [-0.25, -0.2) is 0 Å². The molecule has 39 heavy (non-hydrogen) atoms.